The van der Waals surface area contributed by atoms with Crippen LogP contribution in [0.5, 0.6) is 0 Å². The van der Waals surface area contributed by atoms with Crippen LogP contribution in [0.25, 0.3) is 0 Å². The molecule has 3 rings (SSSR count). The van der Waals surface area contributed by atoms with Gasteiger partial charge in [0.15, 0.2) is 0 Å². The van der Waals surface area contributed by atoms with Crippen molar-refractivity contribution in [3.8, 4) is 0 Å². The van der Waals surface area contributed by atoms with Crippen LogP contribution >= 0.6 is 0 Å². The first-order chi connectivity index (χ1) is 12.0. The number of rotatable bonds is 7. The summed E-state index contributed by atoms with van der Waals surface area (Å²) in [5.41, 5.74) is 2.62. The molecule has 3 aliphatic rings. The fraction of sp³-hybridized carbons (Fsp3) is 0.750. The van der Waals surface area contributed by atoms with Crippen molar-refractivity contribution in [2.75, 3.05) is 0 Å². The van der Waals surface area contributed by atoms with Crippen LogP contribution in [0.1, 0.15) is 79.1 Å². The van der Waals surface area contributed by atoms with Crippen LogP contribution in [0.15, 0.2) is 36.0 Å². The summed E-state index contributed by atoms with van der Waals surface area (Å²) in [5, 5.41) is 0. The number of hydrogen-bond acceptors (Lipinski definition) is 0. The molecule has 1 saturated carbocycles. The van der Waals surface area contributed by atoms with Gasteiger partial charge in [0, 0.05) is 0 Å². The summed E-state index contributed by atoms with van der Waals surface area (Å²) in [6, 6.07) is 0. The van der Waals surface area contributed by atoms with Gasteiger partial charge in [-0.15, -0.1) is 0 Å². The van der Waals surface area contributed by atoms with Gasteiger partial charge >= 0.3 is 172 Å². The first kappa shape index (κ1) is 25.7. The molecule has 0 aromatic heterocycles. The predicted molar refractivity (Wildman–Crippen MR) is 105 cm³/mol. The number of halogens is 2. The Hall–Kier alpha value is 0.670. The van der Waals surface area contributed by atoms with Crippen LogP contribution in [0.2, 0.25) is 3.67 Å². The zero-order chi connectivity index (χ0) is 18.1. The van der Waals surface area contributed by atoms with Crippen molar-refractivity contribution in [2.24, 2.45) is 28.6 Å². The van der Waals surface area contributed by atoms with E-state index in [-0.39, 0.29) is 24.8 Å². The minimum Gasteiger partial charge on any atom is -1.00 e. The van der Waals surface area contributed by atoms with Gasteiger partial charge in [0.2, 0.25) is 0 Å². The van der Waals surface area contributed by atoms with E-state index in [2.05, 4.69) is 58.1 Å². The third-order valence-electron chi connectivity index (χ3n) is 8.27. The molecular weight excluding hydrogens is 538 g/mol. The van der Waals surface area contributed by atoms with Crippen LogP contribution < -0.4 is 24.8 Å². The second-order valence-corrected chi connectivity index (χ2v) is 11.8. The Morgan fingerprint density at radius 2 is 1.89 bits per heavy atom. The molecule has 0 nitrogen and oxygen atoms in total. The molecule has 0 radical (unpaired) electrons. The Morgan fingerprint density at radius 3 is 2.48 bits per heavy atom. The van der Waals surface area contributed by atoms with Gasteiger partial charge in [-0.3, -0.25) is 0 Å². The molecule has 1 fully saturated rings. The maximum Gasteiger partial charge on any atom is -1.00 e. The SMILES string of the molecule is CCC1(CC)C=CC2CC[CH]([Hf+2])C2C1(C)CCCC(C)C1=CC=CC1.[Cl-].[Cl-]. The van der Waals surface area contributed by atoms with Crippen molar-refractivity contribution in [2.45, 2.75) is 82.7 Å². The van der Waals surface area contributed by atoms with E-state index in [1.54, 1.807) is 5.57 Å². The molecule has 151 valence electrons. The normalized spacial score (nSPS) is 34.4. The van der Waals surface area contributed by atoms with Gasteiger partial charge in [-0.2, -0.15) is 0 Å². The van der Waals surface area contributed by atoms with Crippen molar-refractivity contribution in [1.82, 2.24) is 0 Å². The third-order valence-corrected chi connectivity index (χ3v) is 10.6. The van der Waals surface area contributed by atoms with Gasteiger partial charge in [-0.25, -0.2) is 0 Å². The fourth-order valence-electron chi connectivity index (χ4n) is 6.49. The number of hydrogen-bond donors (Lipinski definition) is 0. The molecule has 0 aliphatic heterocycles. The van der Waals surface area contributed by atoms with Gasteiger partial charge in [0.1, 0.15) is 0 Å². The Bertz CT molecular complexity index is 561. The van der Waals surface area contributed by atoms with Crippen molar-refractivity contribution in [1.29, 1.82) is 0 Å². The number of allylic oxidation sites excluding steroid dienone is 6. The van der Waals surface area contributed by atoms with Crippen LogP contribution in [0.4, 0.5) is 0 Å². The predicted octanol–water partition coefficient (Wildman–Crippen LogP) is 1.43. The standard InChI is InChI=1S/C24H37.2ClH.Hf/c1-5-24(6-2)18-16-21-14-9-15-22(21)23(24,4)17-10-11-19(3)20-12-7-8-13-20;;;/h7-8,12,15-16,18-19,21-22H,5-6,9-11,13-14,17H2,1-4H3;2*1H;/q;;;+2/p-2. The second kappa shape index (κ2) is 10.6. The molecule has 0 amide bonds. The minimum absolute atomic E-state index is 0. The largest absolute Gasteiger partial charge is 1.00 e. The zero-order valence-corrected chi connectivity index (χ0v) is 22.7. The average Bonchev–Trinajstić information content (AvgIpc) is 3.26. The molecule has 3 heteroatoms. The van der Waals surface area contributed by atoms with E-state index < -0.39 is 0 Å². The summed E-state index contributed by atoms with van der Waals surface area (Å²) >= 11 is 1.39. The fourth-order valence-corrected chi connectivity index (χ4v) is 9.30. The molecular formula is C24H37Cl2Hf. The van der Waals surface area contributed by atoms with Crippen LogP contribution in [-0.4, -0.2) is 0 Å². The smallest absolute Gasteiger partial charge is 1.00 e. The summed E-state index contributed by atoms with van der Waals surface area (Å²) < 4.78 is 1.04. The molecule has 0 spiro atoms. The van der Waals surface area contributed by atoms with Crippen molar-refractivity contribution < 1.29 is 49.2 Å². The monoisotopic (exact) mass is 575 g/mol. The van der Waals surface area contributed by atoms with Crippen LogP contribution in [0.3, 0.4) is 0 Å². The zero-order valence-electron chi connectivity index (χ0n) is 17.6. The molecule has 0 N–H and O–H groups in total. The third kappa shape index (κ3) is 4.72. The van der Waals surface area contributed by atoms with Gasteiger partial charge in [-0.05, 0) is 0 Å². The van der Waals surface area contributed by atoms with E-state index in [4.69, 9.17) is 0 Å². The van der Waals surface area contributed by atoms with E-state index >= 15 is 0 Å². The molecule has 5 unspecified atom stereocenters. The summed E-state index contributed by atoms with van der Waals surface area (Å²) in [4.78, 5) is 0. The molecule has 0 heterocycles. The van der Waals surface area contributed by atoms with Crippen molar-refractivity contribution >= 4 is 0 Å². The number of fused-ring (bicyclic) bond motifs is 1. The van der Waals surface area contributed by atoms with Gasteiger partial charge in [0.05, 0.1) is 0 Å². The van der Waals surface area contributed by atoms with E-state index in [1.807, 2.05) is 0 Å². The first-order valence-electron chi connectivity index (χ1n) is 10.7. The van der Waals surface area contributed by atoms with Gasteiger partial charge < -0.3 is 24.8 Å². The summed E-state index contributed by atoms with van der Waals surface area (Å²) in [6.07, 6.45) is 23.3. The molecule has 0 bridgehead atoms. The maximum absolute atomic E-state index is 2.69. The van der Waals surface area contributed by atoms with Gasteiger partial charge in [-0.1, -0.05) is 0 Å². The molecule has 0 aromatic rings. The minimum atomic E-state index is 0. The summed E-state index contributed by atoms with van der Waals surface area (Å²) in [5.74, 6) is 2.62. The summed E-state index contributed by atoms with van der Waals surface area (Å²) in [6.45, 7) is 10.0. The van der Waals surface area contributed by atoms with E-state index in [1.165, 1.54) is 75.7 Å². The van der Waals surface area contributed by atoms with E-state index in [0.717, 1.165) is 21.4 Å². The average molecular weight is 575 g/mol. The van der Waals surface area contributed by atoms with Crippen molar-refractivity contribution in [3.63, 3.8) is 0 Å². The topological polar surface area (TPSA) is 0 Å². The quantitative estimate of drug-likeness (QED) is 0.319. The Morgan fingerprint density at radius 1 is 1.19 bits per heavy atom. The summed E-state index contributed by atoms with van der Waals surface area (Å²) in [7, 11) is 0. The molecule has 0 aromatic carbocycles. The van der Waals surface area contributed by atoms with Crippen LogP contribution in [-0.2, 0) is 24.4 Å². The van der Waals surface area contributed by atoms with Crippen molar-refractivity contribution in [3.05, 3.63) is 36.0 Å². The first-order valence-corrected chi connectivity index (χ1v) is 12.8. The Kier molecular flexibility index (Phi) is 10.1. The maximum atomic E-state index is 2.69. The Labute approximate surface area is 195 Å². The second-order valence-electron chi connectivity index (χ2n) is 9.18. The van der Waals surface area contributed by atoms with Crippen LogP contribution in [0, 0.1) is 28.6 Å². The molecule has 5 atom stereocenters. The van der Waals surface area contributed by atoms with E-state index in [9.17, 15) is 0 Å². The molecule has 27 heavy (non-hydrogen) atoms. The molecule has 0 saturated heterocycles. The Balaban J connectivity index is 0.00000182. The molecule has 3 aliphatic carbocycles. The van der Waals surface area contributed by atoms with Gasteiger partial charge in [0.25, 0.3) is 0 Å². The van der Waals surface area contributed by atoms with E-state index in [0.29, 0.717) is 10.8 Å².